The molecule has 3 rings (SSSR count). The number of hydrogen-bond acceptors (Lipinski definition) is 5. The Balaban J connectivity index is 1.69. The first-order valence-electron chi connectivity index (χ1n) is 8.61. The standard InChI is InChI=1S/C17H26N2O4S/c1-13(2)15(19-8-4-3-5-9-19)11-18-24(20,21)14-6-7-16-17(10-14)23-12-22-16/h6-7,10,13,15,18H,3-5,8-9,11-12H2,1-2H3. The summed E-state index contributed by atoms with van der Waals surface area (Å²) in [7, 11) is -3.56. The zero-order valence-corrected chi connectivity index (χ0v) is 15.1. The highest BCUT2D eigenvalue weighted by atomic mass is 32.2. The normalized spacial score (nSPS) is 19.6. The molecular formula is C17H26N2O4S. The van der Waals surface area contributed by atoms with Gasteiger partial charge in [-0.3, -0.25) is 4.90 Å². The number of benzene rings is 1. The highest BCUT2D eigenvalue weighted by Gasteiger charge is 2.26. The van der Waals surface area contributed by atoms with Gasteiger partial charge in [0.2, 0.25) is 16.8 Å². The molecular weight excluding hydrogens is 328 g/mol. The molecule has 0 bridgehead atoms. The van der Waals surface area contributed by atoms with Crippen LogP contribution in [0.1, 0.15) is 33.1 Å². The van der Waals surface area contributed by atoms with Crippen LogP contribution in [-0.2, 0) is 10.0 Å². The van der Waals surface area contributed by atoms with Crippen molar-refractivity contribution in [2.45, 2.75) is 44.0 Å². The predicted molar refractivity (Wildman–Crippen MR) is 91.8 cm³/mol. The van der Waals surface area contributed by atoms with Crippen LogP contribution >= 0.6 is 0 Å². The molecule has 2 heterocycles. The van der Waals surface area contributed by atoms with Gasteiger partial charge in [0.05, 0.1) is 4.90 Å². The molecule has 1 saturated heterocycles. The summed E-state index contributed by atoms with van der Waals surface area (Å²) in [5.74, 6) is 1.46. The van der Waals surface area contributed by atoms with Crippen LogP contribution in [-0.4, -0.2) is 45.8 Å². The first kappa shape index (κ1) is 17.5. The summed E-state index contributed by atoms with van der Waals surface area (Å²) in [6.45, 7) is 6.95. The Morgan fingerprint density at radius 1 is 1.12 bits per heavy atom. The van der Waals surface area contributed by atoms with E-state index in [1.54, 1.807) is 12.1 Å². The van der Waals surface area contributed by atoms with E-state index in [4.69, 9.17) is 9.47 Å². The van der Waals surface area contributed by atoms with Crippen molar-refractivity contribution in [2.75, 3.05) is 26.4 Å². The van der Waals surface area contributed by atoms with E-state index >= 15 is 0 Å². The Bertz CT molecular complexity index is 669. The zero-order chi connectivity index (χ0) is 17.2. The van der Waals surface area contributed by atoms with Crippen LogP contribution in [0.4, 0.5) is 0 Å². The summed E-state index contributed by atoms with van der Waals surface area (Å²) in [5, 5.41) is 0. The van der Waals surface area contributed by atoms with E-state index in [1.807, 2.05) is 0 Å². The quantitative estimate of drug-likeness (QED) is 0.848. The molecule has 2 aliphatic rings. The summed E-state index contributed by atoms with van der Waals surface area (Å²) in [6.07, 6.45) is 3.65. The van der Waals surface area contributed by atoms with Crippen molar-refractivity contribution < 1.29 is 17.9 Å². The van der Waals surface area contributed by atoms with E-state index < -0.39 is 10.0 Å². The molecule has 1 N–H and O–H groups in total. The number of sulfonamides is 1. The summed E-state index contributed by atoms with van der Waals surface area (Å²) >= 11 is 0. The number of rotatable bonds is 6. The third kappa shape index (κ3) is 3.84. The summed E-state index contributed by atoms with van der Waals surface area (Å²) < 4.78 is 38.5. The van der Waals surface area contributed by atoms with Gasteiger partial charge in [0.15, 0.2) is 11.5 Å². The lowest BCUT2D eigenvalue weighted by Gasteiger charge is -2.37. The number of hydrogen-bond donors (Lipinski definition) is 1. The summed E-state index contributed by atoms with van der Waals surface area (Å²) in [5.41, 5.74) is 0. The predicted octanol–water partition coefficient (Wildman–Crippen LogP) is 2.20. The minimum atomic E-state index is -3.56. The Labute approximate surface area is 144 Å². The molecule has 6 nitrogen and oxygen atoms in total. The highest BCUT2D eigenvalue weighted by molar-refractivity contribution is 7.89. The van der Waals surface area contributed by atoms with Gasteiger partial charge in [0, 0.05) is 18.7 Å². The number of nitrogens with zero attached hydrogens (tertiary/aromatic N) is 1. The molecule has 0 aromatic heterocycles. The maximum atomic E-state index is 12.6. The van der Waals surface area contributed by atoms with Crippen LogP contribution < -0.4 is 14.2 Å². The smallest absolute Gasteiger partial charge is 0.240 e. The van der Waals surface area contributed by atoms with Crippen molar-refractivity contribution in [3.63, 3.8) is 0 Å². The molecule has 24 heavy (non-hydrogen) atoms. The molecule has 0 aliphatic carbocycles. The number of likely N-dealkylation sites (tertiary alicyclic amines) is 1. The van der Waals surface area contributed by atoms with Crippen molar-refractivity contribution >= 4 is 10.0 Å². The molecule has 1 atom stereocenters. The fourth-order valence-electron chi connectivity index (χ4n) is 3.36. The van der Waals surface area contributed by atoms with E-state index in [2.05, 4.69) is 23.5 Å². The average Bonchev–Trinajstić information content (AvgIpc) is 3.03. The summed E-state index contributed by atoms with van der Waals surface area (Å²) in [6, 6.07) is 4.94. The lowest BCUT2D eigenvalue weighted by Crippen LogP contribution is -2.48. The molecule has 1 unspecified atom stereocenters. The number of nitrogens with one attached hydrogen (secondary N) is 1. The minimum Gasteiger partial charge on any atom is -0.454 e. The molecule has 7 heteroatoms. The highest BCUT2D eigenvalue weighted by Crippen LogP contribution is 2.33. The average molecular weight is 354 g/mol. The van der Waals surface area contributed by atoms with E-state index in [0.717, 1.165) is 13.1 Å². The largest absolute Gasteiger partial charge is 0.454 e. The van der Waals surface area contributed by atoms with Gasteiger partial charge in [0.25, 0.3) is 0 Å². The van der Waals surface area contributed by atoms with Gasteiger partial charge in [-0.1, -0.05) is 20.3 Å². The fraction of sp³-hybridized carbons (Fsp3) is 0.647. The Kier molecular flexibility index (Phi) is 5.32. The molecule has 0 spiro atoms. The van der Waals surface area contributed by atoms with E-state index in [-0.39, 0.29) is 17.7 Å². The Morgan fingerprint density at radius 2 is 1.83 bits per heavy atom. The van der Waals surface area contributed by atoms with Crippen molar-refractivity contribution in [2.24, 2.45) is 5.92 Å². The molecule has 0 saturated carbocycles. The monoisotopic (exact) mass is 354 g/mol. The second kappa shape index (κ2) is 7.29. The van der Waals surface area contributed by atoms with Gasteiger partial charge in [0.1, 0.15) is 0 Å². The molecule has 1 fully saturated rings. The number of piperidine rings is 1. The van der Waals surface area contributed by atoms with Crippen molar-refractivity contribution in [3.8, 4) is 11.5 Å². The zero-order valence-electron chi connectivity index (χ0n) is 14.3. The molecule has 2 aliphatic heterocycles. The molecule has 1 aromatic rings. The Morgan fingerprint density at radius 3 is 2.54 bits per heavy atom. The topological polar surface area (TPSA) is 67.9 Å². The van der Waals surface area contributed by atoms with Crippen LogP contribution in [0.15, 0.2) is 23.1 Å². The van der Waals surface area contributed by atoms with Gasteiger partial charge in [-0.05, 0) is 44.0 Å². The maximum absolute atomic E-state index is 12.6. The molecule has 1 aromatic carbocycles. The lowest BCUT2D eigenvalue weighted by atomic mass is 9.99. The first-order chi connectivity index (χ1) is 11.5. The number of fused-ring (bicyclic) bond motifs is 1. The van der Waals surface area contributed by atoms with Gasteiger partial charge in [-0.15, -0.1) is 0 Å². The summed E-state index contributed by atoms with van der Waals surface area (Å²) in [4.78, 5) is 2.63. The SMILES string of the molecule is CC(C)C(CNS(=O)(=O)c1ccc2c(c1)OCO2)N1CCCCC1. The van der Waals surface area contributed by atoms with Crippen LogP contribution in [0, 0.1) is 5.92 Å². The first-order valence-corrected chi connectivity index (χ1v) is 10.1. The van der Waals surface area contributed by atoms with Gasteiger partial charge in [-0.25, -0.2) is 13.1 Å². The third-order valence-electron chi connectivity index (χ3n) is 4.77. The van der Waals surface area contributed by atoms with Gasteiger partial charge >= 0.3 is 0 Å². The maximum Gasteiger partial charge on any atom is 0.240 e. The van der Waals surface area contributed by atoms with Gasteiger partial charge in [-0.2, -0.15) is 0 Å². The van der Waals surface area contributed by atoms with Gasteiger partial charge < -0.3 is 9.47 Å². The second-order valence-electron chi connectivity index (χ2n) is 6.77. The van der Waals surface area contributed by atoms with Crippen molar-refractivity contribution in [1.82, 2.24) is 9.62 Å². The molecule has 0 amide bonds. The van der Waals surface area contributed by atoms with Crippen LogP contribution in [0.3, 0.4) is 0 Å². The second-order valence-corrected chi connectivity index (χ2v) is 8.54. The van der Waals surface area contributed by atoms with Crippen LogP contribution in [0.25, 0.3) is 0 Å². The van der Waals surface area contributed by atoms with Crippen LogP contribution in [0.2, 0.25) is 0 Å². The van der Waals surface area contributed by atoms with E-state index in [1.165, 1.54) is 25.3 Å². The minimum absolute atomic E-state index is 0.136. The lowest BCUT2D eigenvalue weighted by molar-refractivity contribution is 0.130. The molecule has 0 radical (unpaired) electrons. The van der Waals surface area contributed by atoms with Crippen LogP contribution in [0.5, 0.6) is 11.5 Å². The Hall–Kier alpha value is -1.31. The van der Waals surface area contributed by atoms with Crippen molar-refractivity contribution in [1.29, 1.82) is 0 Å². The number of ether oxygens (including phenoxy) is 2. The third-order valence-corrected chi connectivity index (χ3v) is 6.19. The van der Waals surface area contributed by atoms with Crippen molar-refractivity contribution in [3.05, 3.63) is 18.2 Å². The molecule has 134 valence electrons. The van der Waals surface area contributed by atoms with E-state index in [9.17, 15) is 8.42 Å². The fourth-order valence-corrected chi connectivity index (χ4v) is 4.43. The van der Waals surface area contributed by atoms with E-state index in [0.29, 0.717) is 24.0 Å².